The van der Waals surface area contributed by atoms with Gasteiger partial charge in [-0.15, -0.1) is 0 Å². The summed E-state index contributed by atoms with van der Waals surface area (Å²) in [6, 6.07) is 0. The molecule has 1 aliphatic rings. The van der Waals surface area contributed by atoms with Crippen molar-refractivity contribution in [3.05, 3.63) is 0 Å². The van der Waals surface area contributed by atoms with E-state index < -0.39 is 5.97 Å². The maximum absolute atomic E-state index is 12.1. The van der Waals surface area contributed by atoms with Gasteiger partial charge in [0, 0.05) is 19.5 Å². The summed E-state index contributed by atoms with van der Waals surface area (Å²) >= 11 is 0. The van der Waals surface area contributed by atoms with E-state index in [4.69, 9.17) is 5.11 Å². The highest BCUT2D eigenvalue weighted by atomic mass is 16.4. The summed E-state index contributed by atoms with van der Waals surface area (Å²) in [5, 5.41) is 15.1. The summed E-state index contributed by atoms with van der Waals surface area (Å²) in [4.78, 5) is 22.8. The van der Waals surface area contributed by atoms with Crippen molar-refractivity contribution in [2.45, 2.75) is 52.9 Å². The highest BCUT2D eigenvalue weighted by molar-refractivity contribution is 5.78. The zero-order valence-electron chi connectivity index (χ0n) is 13.6. The van der Waals surface area contributed by atoms with Gasteiger partial charge in [-0.05, 0) is 43.6 Å². The lowest BCUT2D eigenvalue weighted by Crippen LogP contribution is -2.41. The first-order valence-corrected chi connectivity index (χ1v) is 8.01. The van der Waals surface area contributed by atoms with Crippen LogP contribution in [0, 0.1) is 17.3 Å². The predicted molar refractivity (Wildman–Crippen MR) is 83.0 cm³/mol. The second kappa shape index (κ2) is 8.37. The van der Waals surface area contributed by atoms with Crippen LogP contribution in [0.2, 0.25) is 0 Å². The van der Waals surface area contributed by atoms with Gasteiger partial charge in [-0.1, -0.05) is 20.8 Å². The number of piperidine rings is 1. The van der Waals surface area contributed by atoms with E-state index in [1.165, 1.54) is 0 Å². The van der Waals surface area contributed by atoms with Crippen LogP contribution in [0.4, 0.5) is 0 Å². The number of hydrogen-bond donors (Lipinski definition) is 3. The van der Waals surface area contributed by atoms with E-state index >= 15 is 0 Å². The second-order valence-corrected chi connectivity index (χ2v) is 7.12. The molecule has 1 unspecified atom stereocenters. The number of rotatable bonds is 7. The average molecular weight is 298 g/mol. The largest absolute Gasteiger partial charge is 0.481 e. The quantitative estimate of drug-likeness (QED) is 0.672. The third kappa shape index (κ3) is 6.93. The van der Waals surface area contributed by atoms with Crippen LogP contribution >= 0.6 is 0 Å². The van der Waals surface area contributed by atoms with Crippen molar-refractivity contribution >= 4 is 11.9 Å². The monoisotopic (exact) mass is 298 g/mol. The van der Waals surface area contributed by atoms with Crippen molar-refractivity contribution in [3.8, 4) is 0 Å². The first kappa shape index (κ1) is 18.0. The van der Waals surface area contributed by atoms with E-state index in [1.54, 1.807) is 0 Å². The molecule has 2 atom stereocenters. The minimum absolute atomic E-state index is 0.0621. The molecular formula is C16H30N2O3. The van der Waals surface area contributed by atoms with Crippen molar-refractivity contribution < 1.29 is 14.7 Å². The molecule has 0 saturated carbocycles. The molecule has 1 fully saturated rings. The van der Waals surface area contributed by atoms with Crippen LogP contribution in [-0.4, -0.2) is 36.6 Å². The predicted octanol–water partition coefficient (Wildman–Crippen LogP) is 2.02. The summed E-state index contributed by atoms with van der Waals surface area (Å²) in [5.41, 5.74) is 0.0621. The second-order valence-electron chi connectivity index (χ2n) is 7.12. The van der Waals surface area contributed by atoms with Gasteiger partial charge in [0.1, 0.15) is 0 Å². The fourth-order valence-electron chi connectivity index (χ4n) is 2.90. The van der Waals surface area contributed by atoms with Crippen LogP contribution in [-0.2, 0) is 9.59 Å². The van der Waals surface area contributed by atoms with E-state index in [9.17, 15) is 9.59 Å². The van der Waals surface area contributed by atoms with E-state index in [-0.39, 0.29) is 23.7 Å². The van der Waals surface area contributed by atoms with E-state index in [1.807, 2.05) is 0 Å². The fraction of sp³-hybridized carbons (Fsp3) is 0.875. The maximum Gasteiger partial charge on any atom is 0.303 e. The molecule has 21 heavy (non-hydrogen) atoms. The first-order chi connectivity index (χ1) is 9.80. The number of aliphatic carboxylic acids is 1. The summed E-state index contributed by atoms with van der Waals surface area (Å²) in [6.07, 6.45) is 3.71. The molecule has 0 aromatic rings. The molecule has 0 aliphatic carbocycles. The maximum atomic E-state index is 12.1. The summed E-state index contributed by atoms with van der Waals surface area (Å²) in [7, 11) is 0. The Hall–Kier alpha value is -1.10. The van der Waals surface area contributed by atoms with Crippen LogP contribution in [0.25, 0.3) is 0 Å². The molecule has 0 bridgehead atoms. The fourth-order valence-corrected chi connectivity index (χ4v) is 2.90. The van der Waals surface area contributed by atoms with E-state index in [0.29, 0.717) is 18.9 Å². The Morgan fingerprint density at radius 1 is 1.33 bits per heavy atom. The molecule has 1 amide bonds. The minimum Gasteiger partial charge on any atom is -0.481 e. The van der Waals surface area contributed by atoms with Crippen molar-refractivity contribution in [2.24, 2.45) is 17.3 Å². The molecule has 5 nitrogen and oxygen atoms in total. The number of carboxylic acids is 1. The molecule has 1 rings (SSSR count). The normalized spacial score (nSPS) is 20.8. The summed E-state index contributed by atoms with van der Waals surface area (Å²) in [6.45, 7) is 8.81. The van der Waals surface area contributed by atoms with Crippen LogP contribution in [0.5, 0.6) is 0 Å². The van der Waals surface area contributed by atoms with Crippen molar-refractivity contribution in [1.29, 1.82) is 0 Å². The van der Waals surface area contributed by atoms with E-state index in [2.05, 4.69) is 31.4 Å². The van der Waals surface area contributed by atoms with Gasteiger partial charge in [0.05, 0.1) is 5.92 Å². The smallest absolute Gasteiger partial charge is 0.303 e. The molecule has 1 saturated heterocycles. The lowest BCUT2D eigenvalue weighted by Gasteiger charge is -2.31. The molecule has 5 heteroatoms. The zero-order chi connectivity index (χ0) is 15.9. The third-order valence-corrected chi connectivity index (χ3v) is 4.39. The highest BCUT2D eigenvalue weighted by Crippen LogP contribution is 2.32. The van der Waals surface area contributed by atoms with Gasteiger partial charge in [0.15, 0.2) is 0 Å². The zero-order valence-corrected chi connectivity index (χ0v) is 13.6. The Kier molecular flexibility index (Phi) is 7.15. The average Bonchev–Trinajstić information content (AvgIpc) is 2.41. The van der Waals surface area contributed by atoms with Crippen molar-refractivity contribution in [1.82, 2.24) is 10.6 Å². The number of carboxylic acid groups (broad SMARTS) is 1. The molecule has 0 radical (unpaired) electrons. The molecule has 1 heterocycles. The first-order valence-electron chi connectivity index (χ1n) is 8.01. The summed E-state index contributed by atoms with van der Waals surface area (Å²) in [5.74, 6) is -0.223. The van der Waals surface area contributed by atoms with Crippen LogP contribution < -0.4 is 10.6 Å². The van der Waals surface area contributed by atoms with Gasteiger partial charge in [-0.25, -0.2) is 0 Å². The number of hydrogen-bond acceptors (Lipinski definition) is 3. The van der Waals surface area contributed by atoms with Gasteiger partial charge >= 0.3 is 5.97 Å². The Balaban J connectivity index is 2.34. The molecular weight excluding hydrogens is 268 g/mol. The number of nitrogens with one attached hydrogen (secondary N) is 2. The van der Waals surface area contributed by atoms with Gasteiger partial charge < -0.3 is 15.7 Å². The molecule has 0 aromatic carbocycles. The third-order valence-electron chi connectivity index (χ3n) is 4.39. The Morgan fingerprint density at radius 3 is 2.57 bits per heavy atom. The van der Waals surface area contributed by atoms with Gasteiger partial charge in [-0.3, -0.25) is 9.59 Å². The lowest BCUT2D eigenvalue weighted by molar-refractivity contribution is -0.137. The minimum atomic E-state index is -0.749. The van der Waals surface area contributed by atoms with E-state index in [0.717, 1.165) is 32.4 Å². The Labute approximate surface area is 127 Å². The van der Waals surface area contributed by atoms with Gasteiger partial charge in [0.2, 0.25) is 5.91 Å². The van der Waals surface area contributed by atoms with Gasteiger partial charge in [-0.2, -0.15) is 0 Å². The van der Waals surface area contributed by atoms with Crippen molar-refractivity contribution in [2.75, 3.05) is 19.6 Å². The standard InChI is InChI=1S/C16H30N2O3/c1-16(2,3)13(6-7-14(19)20)8-10-18-15(21)12-5-4-9-17-11-12/h12-13,17H,4-11H2,1-3H3,(H,18,21)(H,19,20)/t12-,13?/m0/s1. The Morgan fingerprint density at radius 2 is 2.05 bits per heavy atom. The van der Waals surface area contributed by atoms with Crippen LogP contribution in [0.1, 0.15) is 52.9 Å². The van der Waals surface area contributed by atoms with Crippen molar-refractivity contribution in [3.63, 3.8) is 0 Å². The number of carbonyl (C=O) groups is 2. The van der Waals surface area contributed by atoms with Crippen LogP contribution in [0.3, 0.4) is 0 Å². The van der Waals surface area contributed by atoms with Gasteiger partial charge in [0.25, 0.3) is 0 Å². The number of carbonyl (C=O) groups excluding carboxylic acids is 1. The SMILES string of the molecule is CC(C)(C)C(CCNC(=O)[C@H]1CCCNC1)CCC(=O)O. The topological polar surface area (TPSA) is 78.4 Å². The molecule has 3 N–H and O–H groups in total. The van der Waals surface area contributed by atoms with Crippen LogP contribution in [0.15, 0.2) is 0 Å². The molecule has 0 spiro atoms. The summed E-state index contributed by atoms with van der Waals surface area (Å²) < 4.78 is 0. The molecule has 122 valence electrons. The molecule has 0 aromatic heterocycles. The number of amides is 1. The lowest BCUT2D eigenvalue weighted by atomic mass is 9.76. The Bertz CT molecular complexity index is 344. The molecule has 1 aliphatic heterocycles. The highest BCUT2D eigenvalue weighted by Gasteiger charge is 2.26.